The highest BCUT2D eigenvalue weighted by Crippen LogP contribution is 2.46. The molecule has 0 spiro atoms. The van der Waals surface area contributed by atoms with Crippen LogP contribution in [0.3, 0.4) is 0 Å². The number of aliphatic hydroxyl groups is 1. The lowest BCUT2D eigenvalue weighted by Crippen LogP contribution is -2.64. The number of aliphatic hydroxyl groups excluding tert-OH is 1. The van der Waals surface area contributed by atoms with E-state index in [0.29, 0.717) is 12.3 Å². The van der Waals surface area contributed by atoms with E-state index in [2.05, 4.69) is 0 Å². The molecule has 4 nitrogen and oxygen atoms in total. The molecule has 0 aromatic rings. The Morgan fingerprint density at radius 2 is 1.94 bits per heavy atom. The minimum Gasteiger partial charge on any atom is -0.468 e. The molecule has 3 N–H and O–H groups in total. The summed E-state index contributed by atoms with van der Waals surface area (Å²) in [5, 5.41) is 9.85. The average molecular weight is 257 g/mol. The topological polar surface area (TPSA) is 72.5 Å². The first-order chi connectivity index (χ1) is 8.42. The van der Waals surface area contributed by atoms with E-state index >= 15 is 0 Å². The maximum absolute atomic E-state index is 12.2. The summed E-state index contributed by atoms with van der Waals surface area (Å²) in [6.07, 6.45) is 5.37. The zero-order valence-corrected chi connectivity index (χ0v) is 11.9. The molecular formula is C14H27NO3. The smallest absolute Gasteiger partial charge is 0.326 e. The van der Waals surface area contributed by atoms with E-state index in [-0.39, 0.29) is 12.6 Å². The summed E-state index contributed by atoms with van der Waals surface area (Å²) < 4.78 is 4.92. The van der Waals surface area contributed by atoms with Gasteiger partial charge in [0, 0.05) is 5.41 Å². The molecule has 0 aliphatic heterocycles. The molecule has 0 heterocycles. The molecule has 1 unspecified atom stereocenters. The van der Waals surface area contributed by atoms with E-state index in [9.17, 15) is 9.90 Å². The maximum Gasteiger partial charge on any atom is 0.326 e. The van der Waals surface area contributed by atoms with Crippen molar-refractivity contribution in [2.75, 3.05) is 13.7 Å². The molecule has 0 saturated heterocycles. The molecule has 18 heavy (non-hydrogen) atoms. The van der Waals surface area contributed by atoms with Crippen LogP contribution in [0.2, 0.25) is 0 Å². The van der Waals surface area contributed by atoms with Crippen LogP contribution in [0.15, 0.2) is 0 Å². The minimum absolute atomic E-state index is 0.0364. The fourth-order valence-corrected chi connectivity index (χ4v) is 3.32. The van der Waals surface area contributed by atoms with Crippen LogP contribution in [0.1, 0.15) is 52.4 Å². The van der Waals surface area contributed by atoms with Crippen molar-refractivity contribution < 1.29 is 14.6 Å². The highest BCUT2D eigenvalue weighted by atomic mass is 16.5. The molecule has 0 radical (unpaired) electrons. The van der Waals surface area contributed by atoms with Crippen LogP contribution in [-0.2, 0) is 9.53 Å². The molecule has 1 fully saturated rings. The third kappa shape index (κ3) is 2.69. The lowest BCUT2D eigenvalue weighted by molar-refractivity contribution is -0.158. The van der Waals surface area contributed by atoms with Gasteiger partial charge in [0.1, 0.15) is 5.54 Å². The first-order valence-electron chi connectivity index (χ1n) is 6.90. The molecule has 0 aromatic heterocycles. The van der Waals surface area contributed by atoms with E-state index < -0.39 is 11.0 Å². The molecule has 1 saturated carbocycles. The van der Waals surface area contributed by atoms with Crippen LogP contribution < -0.4 is 5.73 Å². The Hall–Kier alpha value is -0.610. The largest absolute Gasteiger partial charge is 0.468 e. The first-order valence-corrected chi connectivity index (χ1v) is 6.90. The van der Waals surface area contributed by atoms with Gasteiger partial charge in [-0.05, 0) is 25.2 Å². The van der Waals surface area contributed by atoms with Crippen molar-refractivity contribution >= 4 is 5.97 Å². The number of hydrogen-bond donors (Lipinski definition) is 2. The second kappa shape index (κ2) is 6.02. The van der Waals surface area contributed by atoms with Gasteiger partial charge in [0.15, 0.2) is 0 Å². The summed E-state index contributed by atoms with van der Waals surface area (Å²) in [6, 6.07) is 0. The van der Waals surface area contributed by atoms with Gasteiger partial charge in [-0.25, -0.2) is 0 Å². The second-order valence-corrected chi connectivity index (χ2v) is 6.06. The molecule has 0 amide bonds. The van der Waals surface area contributed by atoms with Crippen LogP contribution in [0.5, 0.6) is 0 Å². The van der Waals surface area contributed by atoms with Crippen molar-refractivity contribution in [2.24, 2.45) is 17.1 Å². The van der Waals surface area contributed by atoms with Gasteiger partial charge in [-0.15, -0.1) is 0 Å². The molecule has 0 aromatic carbocycles. The van der Waals surface area contributed by atoms with Crippen LogP contribution >= 0.6 is 0 Å². The SMILES string of the molecule is COC(=O)C(N)(CC(C)C)C1(CO)CCCCC1. The zero-order chi connectivity index (χ0) is 13.8. The van der Waals surface area contributed by atoms with Crippen molar-refractivity contribution in [3.05, 3.63) is 0 Å². The highest BCUT2D eigenvalue weighted by Gasteiger charge is 2.54. The molecule has 106 valence electrons. The van der Waals surface area contributed by atoms with Crippen molar-refractivity contribution in [2.45, 2.75) is 57.9 Å². The summed E-state index contributed by atoms with van der Waals surface area (Å²) in [6.45, 7) is 4.04. The van der Waals surface area contributed by atoms with Gasteiger partial charge in [-0.3, -0.25) is 4.79 Å². The van der Waals surface area contributed by atoms with Gasteiger partial charge in [0.25, 0.3) is 0 Å². The second-order valence-electron chi connectivity index (χ2n) is 6.06. The lowest BCUT2D eigenvalue weighted by atomic mass is 9.60. The average Bonchev–Trinajstić information content (AvgIpc) is 2.37. The predicted molar refractivity (Wildman–Crippen MR) is 71.0 cm³/mol. The van der Waals surface area contributed by atoms with Crippen molar-refractivity contribution in [1.82, 2.24) is 0 Å². The van der Waals surface area contributed by atoms with Crippen LogP contribution in [0, 0.1) is 11.3 Å². The van der Waals surface area contributed by atoms with Crippen LogP contribution in [0.4, 0.5) is 0 Å². The lowest BCUT2D eigenvalue weighted by Gasteiger charge is -2.48. The quantitative estimate of drug-likeness (QED) is 0.737. The third-order valence-corrected chi connectivity index (χ3v) is 4.34. The number of carbonyl (C=O) groups is 1. The number of nitrogens with two attached hydrogens (primary N) is 1. The number of hydrogen-bond acceptors (Lipinski definition) is 4. The maximum atomic E-state index is 12.2. The Bertz CT molecular complexity index is 285. The number of carbonyl (C=O) groups excluding carboxylic acids is 1. The van der Waals surface area contributed by atoms with Gasteiger partial charge >= 0.3 is 5.97 Å². The number of esters is 1. The van der Waals surface area contributed by atoms with Gasteiger partial charge in [0.2, 0.25) is 0 Å². The van der Waals surface area contributed by atoms with Gasteiger partial charge < -0.3 is 15.6 Å². The molecule has 4 heteroatoms. The first kappa shape index (κ1) is 15.4. The monoisotopic (exact) mass is 257 g/mol. The summed E-state index contributed by atoms with van der Waals surface area (Å²) in [5.74, 6) is -0.0911. The Labute approximate surface area is 110 Å². The third-order valence-electron chi connectivity index (χ3n) is 4.34. The minimum atomic E-state index is -1.06. The van der Waals surface area contributed by atoms with Crippen LogP contribution in [-0.4, -0.2) is 30.3 Å². The fourth-order valence-electron chi connectivity index (χ4n) is 3.32. The van der Waals surface area contributed by atoms with Crippen LogP contribution in [0.25, 0.3) is 0 Å². The summed E-state index contributed by atoms with van der Waals surface area (Å²) in [5.41, 5.74) is 4.86. The Balaban J connectivity index is 3.09. The summed E-state index contributed by atoms with van der Waals surface area (Å²) in [7, 11) is 1.37. The van der Waals surface area contributed by atoms with Gasteiger partial charge in [-0.1, -0.05) is 33.1 Å². The van der Waals surface area contributed by atoms with Crippen molar-refractivity contribution in [1.29, 1.82) is 0 Å². The number of rotatable bonds is 5. The highest BCUT2D eigenvalue weighted by molar-refractivity contribution is 5.81. The Kier molecular flexibility index (Phi) is 5.17. The number of ether oxygens (including phenoxy) is 1. The van der Waals surface area contributed by atoms with Gasteiger partial charge in [-0.2, -0.15) is 0 Å². The molecular weight excluding hydrogens is 230 g/mol. The Morgan fingerprint density at radius 3 is 2.33 bits per heavy atom. The molecule has 0 bridgehead atoms. The van der Waals surface area contributed by atoms with E-state index in [0.717, 1.165) is 32.1 Å². The zero-order valence-electron chi connectivity index (χ0n) is 11.9. The normalized spacial score (nSPS) is 22.6. The van der Waals surface area contributed by atoms with Crippen molar-refractivity contribution in [3.63, 3.8) is 0 Å². The van der Waals surface area contributed by atoms with E-state index in [1.165, 1.54) is 7.11 Å². The Morgan fingerprint density at radius 1 is 1.39 bits per heavy atom. The van der Waals surface area contributed by atoms with Crippen molar-refractivity contribution in [3.8, 4) is 0 Å². The standard InChI is InChI=1S/C14H27NO3/c1-11(2)9-14(15,12(17)18-3)13(10-16)7-5-4-6-8-13/h11,16H,4-10,15H2,1-3H3. The van der Waals surface area contributed by atoms with E-state index in [1.54, 1.807) is 0 Å². The summed E-state index contributed by atoms with van der Waals surface area (Å²) >= 11 is 0. The predicted octanol–water partition coefficient (Wildman–Crippen LogP) is 1.85. The van der Waals surface area contributed by atoms with Gasteiger partial charge in [0.05, 0.1) is 13.7 Å². The molecule has 1 aliphatic carbocycles. The summed E-state index contributed by atoms with van der Waals surface area (Å²) in [4.78, 5) is 12.2. The van der Waals surface area contributed by atoms with E-state index in [4.69, 9.17) is 10.5 Å². The molecule has 1 atom stereocenters. The molecule has 1 aliphatic rings. The number of methoxy groups -OCH3 is 1. The van der Waals surface area contributed by atoms with E-state index in [1.807, 2.05) is 13.8 Å². The fraction of sp³-hybridized carbons (Fsp3) is 0.929. The molecule has 1 rings (SSSR count).